The van der Waals surface area contributed by atoms with Gasteiger partial charge in [0, 0.05) is 7.05 Å². The van der Waals surface area contributed by atoms with Gasteiger partial charge in [-0.15, -0.1) is 0 Å². The summed E-state index contributed by atoms with van der Waals surface area (Å²) in [4.78, 5) is 23.3. The fourth-order valence-electron chi connectivity index (χ4n) is 1.39. The highest BCUT2D eigenvalue weighted by molar-refractivity contribution is 9.10. The molecule has 0 atom stereocenters. The van der Waals surface area contributed by atoms with Crippen LogP contribution in [-0.4, -0.2) is 14.3 Å². The Labute approximate surface area is 110 Å². The Kier molecular flexibility index (Phi) is 3.12. The summed E-state index contributed by atoms with van der Waals surface area (Å²) < 4.78 is 2.09. The molecule has 0 N–H and O–H groups in total. The van der Waals surface area contributed by atoms with Crippen LogP contribution in [0.4, 0.5) is 0 Å². The molecule has 0 unspecified atom stereocenters. The molecule has 0 radical (unpaired) electrons. The number of hydrogen-bond donors (Lipinski definition) is 0. The van der Waals surface area contributed by atoms with Crippen LogP contribution in [0.2, 0.25) is 0 Å². The van der Waals surface area contributed by atoms with Gasteiger partial charge in [0.1, 0.15) is 0 Å². The maximum absolute atomic E-state index is 11.9. The van der Waals surface area contributed by atoms with Crippen molar-refractivity contribution in [2.45, 2.75) is 0 Å². The summed E-state index contributed by atoms with van der Waals surface area (Å²) in [6.07, 6.45) is 0. The van der Waals surface area contributed by atoms with Crippen molar-refractivity contribution in [2.75, 3.05) is 0 Å². The minimum absolute atomic E-state index is 0.0500. The summed E-state index contributed by atoms with van der Waals surface area (Å²) in [5, 5.41) is 12.6. The zero-order valence-electron chi connectivity index (χ0n) is 9.29. The quantitative estimate of drug-likeness (QED) is 0.771. The summed E-state index contributed by atoms with van der Waals surface area (Å²) in [7, 11) is 1.37. The van der Waals surface area contributed by atoms with E-state index in [0.717, 1.165) is 9.25 Å². The maximum atomic E-state index is 11.9. The van der Waals surface area contributed by atoms with Crippen molar-refractivity contribution in [3.8, 4) is 11.8 Å². The van der Waals surface area contributed by atoms with E-state index in [9.17, 15) is 9.59 Å². The lowest BCUT2D eigenvalue weighted by atomic mass is 10.2. The molecule has 0 aliphatic heterocycles. The van der Waals surface area contributed by atoms with Crippen LogP contribution in [0.1, 0.15) is 5.56 Å². The first-order valence-corrected chi connectivity index (χ1v) is 5.70. The molecule has 0 aliphatic carbocycles. The number of nitrogens with zero attached hydrogens (tertiary/aromatic N) is 4. The minimum atomic E-state index is -0.548. The maximum Gasteiger partial charge on any atom is 0.352 e. The third-order valence-corrected chi connectivity index (χ3v) is 2.88. The number of aromatic nitrogens is 3. The lowest BCUT2D eigenvalue weighted by molar-refractivity contribution is 0.643. The molecule has 0 saturated carbocycles. The van der Waals surface area contributed by atoms with E-state index in [-0.39, 0.29) is 4.60 Å². The molecule has 2 rings (SSSR count). The molecule has 0 fully saturated rings. The third kappa shape index (κ3) is 1.98. The van der Waals surface area contributed by atoms with Crippen molar-refractivity contribution in [2.24, 2.45) is 7.05 Å². The number of nitriles is 1. The predicted octanol–water partition coefficient (Wildman–Crippen LogP) is 0.565. The number of halogens is 1. The molecular formula is C11H7BrN4O2. The summed E-state index contributed by atoms with van der Waals surface area (Å²) in [6.45, 7) is 0. The lowest BCUT2D eigenvalue weighted by Gasteiger charge is -2.06. The van der Waals surface area contributed by atoms with E-state index in [1.165, 1.54) is 7.05 Å². The van der Waals surface area contributed by atoms with Crippen LogP contribution in [0.25, 0.3) is 5.69 Å². The predicted molar refractivity (Wildman–Crippen MR) is 67.5 cm³/mol. The molecule has 0 saturated heterocycles. The second kappa shape index (κ2) is 4.58. The molecular weight excluding hydrogens is 300 g/mol. The summed E-state index contributed by atoms with van der Waals surface area (Å²) in [5.41, 5.74) is -0.0798. The van der Waals surface area contributed by atoms with E-state index in [1.807, 2.05) is 6.07 Å². The van der Waals surface area contributed by atoms with Crippen LogP contribution >= 0.6 is 15.9 Å². The average Bonchev–Trinajstić information content (AvgIpc) is 2.41. The van der Waals surface area contributed by atoms with Crippen LogP contribution in [0.15, 0.2) is 38.5 Å². The Bertz CT molecular complexity index is 753. The zero-order valence-corrected chi connectivity index (χ0v) is 10.9. The molecule has 1 aromatic carbocycles. The number of hydrogen-bond acceptors (Lipinski definition) is 4. The van der Waals surface area contributed by atoms with E-state index in [4.69, 9.17) is 5.26 Å². The first-order valence-electron chi connectivity index (χ1n) is 4.91. The molecule has 0 amide bonds. The van der Waals surface area contributed by atoms with Gasteiger partial charge in [0.15, 0.2) is 4.60 Å². The Morgan fingerprint density at radius 3 is 2.44 bits per heavy atom. The van der Waals surface area contributed by atoms with Gasteiger partial charge in [0.2, 0.25) is 0 Å². The van der Waals surface area contributed by atoms with Gasteiger partial charge in [0.25, 0.3) is 5.56 Å². The topological polar surface area (TPSA) is 80.7 Å². The van der Waals surface area contributed by atoms with E-state index in [1.54, 1.807) is 24.3 Å². The Morgan fingerprint density at radius 2 is 1.89 bits per heavy atom. The largest absolute Gasteiger partial charge is 0.352 e. The van der Waals surface area contributed by atoms with Gasteiger partial charge >= 0.3 is 5.69 Å². The van der Waals surface area contributed by atoms with E-state index in [0.29, 0.717) is 11.3 Å². The van der Waals surface area contributed by atoms with Crippen molar-refractivity contribution in [1.82, 2.24) is 14.3 Å². The van der Waals surface area contributed by atoms with Crippen molar-refractivity contribution in [1.29, 1.82) is 5.26 Å². The first kappa shape index (κ1) is 12.3. The monoisotopic (exact) mass is 306 g/mol. The zero-order chi connectivity index (χ0) is 13.3. The molecule has 1 aromatic heterocycles. The summed E-state index contributed by atoms with van der Waals surface area (Å²) in [6, 6.07) is 8.30. The van der Waals surface area contributed by atoms with Crippen molar-refractivity contribution >= 4 is 15.9 Å². The van der Waals surface area contributed by atoms with Crippen LogP contribution < -0.4 is 11.2 Å². The molecule has 7 heteroatoms. The van der Waals surface area contributed by atoms with Gasteiger partial charge in [-0.05, 0) is 40.2 Å². The number of benzene rings is 1. The first-order chi connectivity index (χ1) is 8.54. The van der Waals surface area contributed by atoms with Gasteiger partial charge in [-0.2, -0.15) is 15.0 Å². The van der Waals surface area contributed by atoms with Gasteiger partial charge < -0.3 is 0 Å². The molecule has 90 valence electrons. The Balaban J connectivity index is 2.69. The van der Waals surface area contributed by atoms with Crippen LogP contribution in [0, 0.1) is 11.3 Å². The average molecular weight is 307 g/mol. The van der Waals surface area contributed by atoms with Crippen molar-refractivity contribution < 1.29 is 0 Å². The van der Waals surface area contributed by atoms with E-state index < -0.39 is 11.2 Å². The van der Waals surface area contributed by atoms with Crippen LogP contribution in [0.5, 0.6) is 0 Å². The van der Waals surface area contributed by atoms with Crippen LogP contribution in [0.3, 0.4) is 0 Å². The van der Waals surface area contributed by atoms with Crippen LogP contribution in [-0.2, 0) is 7.05 Å². The van der Waals surface area contributed by atoms with Gasteiger partial charge in [-0.1, -0.05) is 0 Å². The fourth-order valence-corrected chi connectivity index (χ4v) is 1.81. The molecule has 6 nitrogen and oxygen atoms in total. The highest BCUT2D eigenvalue weighted by atomic mass is 79.9. The van der Waals surface area contributed by atoms with Crippen molar-refractivity contribution in [3.05, 3.63) is 55.3 Å². The SMILES string of the molecule is Cn1c(=O)c(Br)nn(-c2ccc(C#N)cc2)c1=O. The standard InChI is InChI=1S/C11H7BrN4O2/c1-15-10(17)9(12)14-16(11(15)18)8-4-2-7(6-13)3-5-8/h2-5H,1H3. The highest BCUT2D eigenvalue weighted by Crippen LogP contribution is 2.06. The van der Waals surface area contributed by atoms with Crippen molar-refractivity contribution in [3.63, 3.8) is 0 Å². The third-order valence-electron chi connectivity index (χ3n) is 2.38. The Hall–Kier alpha value is -2.20. The molecule has 0 bridgehead atoms. The minimum Gasteiger partial charge on any atom is -0.266 e. The number of rotatable bonds is 1. The second-order valence-electron chi connectivity index (χ2n) is 3.51. The molecule has 0 spiro atoms. The van der Waals surface area contributed by atoms with E-state index >= 15 is 0 Å². The van der Waals surface area contributed by atoms with E-state index in [2.05, 4.69) is 21.0 Å². The lowest BCUT2D eigenvalue weighted by Crippen LogP contribution is -2.39. The normalized spacial score (nSPS) is 10.1. The smallest absolute Gasteiger partial charge is 0.266 e. The molecule has 1 heterocycles. The summed E-state index contributed by atoms with van der Waals surface area (Å²) >= 11 is 3.00. The molecule has 2 aromatic rings. The Morgan fingerprint density at radius 1 is 1.28 bits per heavy atom. The fraction of sp³-hybridized carbons (Fsp3) is 0.0909. The summed E-state index contributed by atoms with van der Waals surface area (Å²) in [5.74, 6) is 0. The van der Waals surface area contributed by atoms with Gasteiger partial charge in [0.05, 0.1) is 17.3 Å². The second-order valence-corrected chi connectivity index (χ2v) is 4.26. The van der Waals surface area contributed by atoms with Gasteiger partial charge in [-0.3, -0.25) is 9.36 Å². The molecule has 0 aliphatic rings. The van der Waals surface area contributed by atoms with Gasteiger partial charge in [-0.25, -0.2) is 4.79 Å². The molecule has 18 heavy (non-hydrogen) atoms. The highest BCUT2D eigenvalue weighted by Gasteiger charge is 2.09.